The molecule has 0 amide bonds. The fourth-order valence-corrected chi connectivity index (χ4v) is 1.62. The molecule has 1 aromatic rings. The first kappa shape index (κ1) is 9.87. The van der Waals surface area contributed by atoms with E-state index in [1.807, 2.05) is 0 Å². The van der Waals surface area contributed by atoms with Crippen LogP contribution in [0.3, 0.4) is 0 Å². The third kappa shape index (κ3) is 1.88. The highest BCUT2D eigenvalue weighted by Gasteiger charge is 2.39. The van der Waals surface area contributed by atoms with Crippen molar-refractivity contribution >= 4 is 11.6 Å². The van der Waals surface area contributed by atoms with E-state index in [1.54, 1.807) is 0 Å². The van der Waals surface area contributed by atoms with Crippen LogP contribution in [-0.4, -0.2) is 5.54 Å². The Morgan fingerprint density at radius 3 is 2.21 bits per heavy atom. The van der Waals surface area contributed by atoms with Gasteiger partial charge in [-0.05, 0) is 31.4 Å². The lowest BCUT2D eigenvalue weighted by molar-refractivity contribution is 0.531. The van der Waals surface area contributed by atoms with Crippen LogP contribution in [0.4, 0.5) is 8.78 Å². The van der Waals surface area contributed by atoms with Crippen molar-refractivity contribution in [2.75, 3.05) is 0 Å². The van der Waals surface area contributed by atoms with E-state index in [1.165, 1.54) is 0 Å². The van der Waals surface area contributed by atoms with Gasteiger partial charge in [0.2, 0.25) is 0 Å². The van der Waals surface area contributed by atoms with Crippen molar-refractivity contribution in [2.45, 2.75) is 24.8 Å². The molecule has 0 aliphatic heterocycles. The zero-order valence-corrected chi connectivity index (χ0v) is 8.24. The molecule has 1 aliphatic carbocycles. The summed E-state index contributed by atoms with van der Waals surface area (Å²) in [6, 6.07) is 2.23. The highest BCUT2D eigenvalue weighted by Crippen LogP contribution is 2.37. The maximum Gasteiger partial charge on any atom is 0.130 e. The van der Waals surface area contributed by atoms with Crippen molar-refractivity contribution in [1.82, 2.24) is 0 Å². The summed E-state index contributed by atoms with van der Waals surface area (Å²) in [6.07, 6.45) is 1.91. The fourth-order valence-electron chi connectivity index (χ4n) is 1.43. The van der Waals surface area contributed by atoms with E-state index >= 15 is 0 Å². The first-order chi connectivity index (χ1) is 6.50. The summed E-state index contributed by atoms with van der Waals surface area (Å²) in [6.45, 7) is 0. The van der Waals surface area contributed by atoms with E-state index in [0.29, 0.717) is 0 Å². The van der Waals surface area contributed by atoms with Crippen LogP contribution in [0, 0.1) is 11.6 Å². The Hall–Kier alpha value is -0.670. The number of halogens is 3. The third-order valence-electron chi connectivity index (χ3n) is 2.53. The molecule has 76 valence electrons. The van der Waals surface area contributed by atoms with Gasteiger partial charge in [0.25, 0.3) is 0 Å². The second-order valence-corrected chi connectivity index (χ2v) is 4.32. The van der Waals surface area contributed by atoms with Crippen molar-refractivity contribution in [3.05, 3.63) is 34.4 Å². The van der Waals surface area contributed by atoms with E-state index in [2.05, 4.69) is 0 Å². The normalized spacial score (nSPS) is 18.3. The molecule has 1 fully saturated rings. The predicted molar refractivity (Wildman–Crippen MR) is 51.2 cm³/mol. The van der Waals surface area contributed by atoms with Crippen LogP contribution in [0.5, 0.6) is 0 Å². The van der Waals surface area contributed by atoms with Gasteiger partial charge in [-0.25, -0.2) is 8.78 Å². The molecular formula is C10H10ClF2N. The van der Waals surface area contributed by atoms with Crippen LogP contribution in [-0.2, 0) is 6.42 Å². The molecule has 0 unspecified atom stereocenters. The molecule has 0 saturated heterocycles. The van der Waals surface area contributed by atoms with E-state index < -0.39 is 17.2 Å². The molecule has 0 aromatic heterocycles. The van der Waals surface area contributed by atoms with Crippen LogP contribution in [0.1, 0.15) is 18.4 Å². The lowest BCUT2D eigenvalue weighted by Gasteiger charge is -2.10. The minimum absolute atomic E-state index is 0.0504. The maximum atomic E-state index is 13.3. The molecule has 1 aliphatic rings. The summed E-state index contributed by atoms with van der Waals surface area (Å²) in [7, 11) is 0. The smallest absolute Gasteiger partial charge is 0.130 e. The number of hydrogen-bond donors (Lipinski definition) is 1. The van der Waals surface area contributed by atoms with Crippen LogP contribution >= 0.6 is 11.6 Å². The van der Waals surface area contributed by atoms with Gasteiger partial charge in [-0.2, -0.15) is 0 Å². The summed E-state index contributed by atoms with van der Waals surface area (Å²) in [5.74, 6) is -1.21. The van der Waals surface area contributed by atoms with Crippen LogP contribution in [0.15, 0.2) is 12.1 Å². The van der Waals surface area contributed by atoms with E-state index in [-0.39, 0.29) is 17.0 Å². The summed E-state index contributed by atoms with van der Waals surface area (Å²) in [5, 5.41) is 0.0746. The Balaban J connectivity index is 2.32. The highest BCUT2D eigenvalue weighted by molar-refractivity contribution is 6.30. The Morgan fingerprint density at radius 1 is 1.29 bits per heavy atom. The monoisotopic (exact) mass is 217 g/mol. The van der Waals surface area contributed by atoms with Gasteiger partial charge in [-0.3, -0.25) is 0 Å². The minimum atomic E-state index is -0.605. The van der Waals surface area contributed by atoms with Crippen LogP contribution in [0.2, 0.25) is 5.02 Å². The molecule has 1 aromatic carbocycles. The van der Waals surface area contributed by atoms with Gasteiger partial charge in [0.1, 0.15) is 11.6 Å². The SMILES string of the molecule is NC1(Cc2c(F)cc(Cl)cc2F)CC1. The maximum absolute atomic E-state index is 13.3. The molecular weight excluding hydrogens is 208 g/mol. The lowest BCUT2D eigenvalue weighted by Crippen LogP contribution is -2.25. The van der Waals surface area contributed by atoms with Crippen molar-refractivity contribution in [2.24, 2.45) is 5.73 Å². The molecule has 14 heavy (non-hydrogen) atoms. The van der Waals surface area contributed by atoms with Crippen molar-refractivity contribution in [1.29, 1.82) is 0 Å². The standard InChI is InChI=1S/C10H10ClF2N/c11-6-3-8(12)7(9(13)4-6)5-10(14)1-2-10/h3-4H,1-2,5,14H2. The lowest BCUT2D eigenvalue weighted by atomic mass is 10.0. The van der Waals surface area contributed by atoms with Crippen LogP contribution in [0.25, 0.3) is 0 Å². The summed E-state index contributed by atoms with van der Waals surface area (Å²) >= 11 is 5.50. The van der Waals surface area contributed by atoms with E-state index in [4.69, 9.17) is 17.3 Å². The number of rotatable bonds is 2. The quantitative estimate of drug-likeness (QED) is 0.810. The first-order valence-electron chi connectivity index (χ1n) is 4.42. The largest absolute Gasteiger partial charge is 0.325 e. The van der Waals surface area contributed by atoms with Gasteiger partial charge in [-0.1, -0.05) is 11.6 Å². The van der Waals surface area contributed by atoms with Crippen molar-refractivity contribution in [3.8, 4) is 0 Å². The van der Waals surface area contributed by atoms with E-state index in [9.17, 15) is 8.78 Å². The Labute approximate surface area is 85.9 Å². The zero-order valence-electron chi connectivity index (χ0n) is 7.49. The second-order valence-electron chi connectivity index (χ2n) is 3.89. The first-order valence-corrected chi connectivity index (χ1v) is 4.80. The zero-order chi connectivity index (χ0) is 10.3. The van der Waals surface area contributed by atoms with Gasteiger partial charge >= 0.3 is 0 Å². The summed E-state index contributed by atoms with van der Waals surface area (Å²) < 4.78 is 26.6. The van der Waals surface area contributed by atoms with Crippen LogP contribution < -0.4 is 5.73 Å². The minimum Gasteiger partial charge on any atom is -0.325 e. The average Bonchev–Trinajstić information content (AvgIpc) is 2.77. The van der Waals surface area contributed by atoms with Crippen molar-refractivity contribution < 1.29 is 8.78 Å². The summed E-state index contributed by atoms with van der Waals surface area (Å²) in [4.78, 5) is 0. The number of nitrogens with two attached hydrogens (primary N) is 1. The number of hydrogen-bond acceptors (Lipinski definition) is 1. The average molecular weight is 218 g/mol. The molecule has 2 rings (SSSR count). The van der Waals surface area contributed by atoms with Gasteiger partial charge in [0.05, 0.1) is 0 Å². The van der Waals surface area contributed by atoms with Gasteiger partial charge < -0.3 is 5.73 Å². The summed E-state index contributed by atoms with van der Waals surface area (Å²) in [5.41, 5.74) is 5.45. The predicted octanol–water partition coefficient (Wildman–Crippen LogP) is 2.65. The molecule has 0 spiro atoms. The number of benzene rings is 1. The second kappa shape index (κ2) is 3.17. The van der Waals surface area contributed by atoms with Gasteiger partial charge in [0, 0.05) is 16.1 Å². The fraction of sp³-hybridized carbons (Fsp3) is 0.400. The molecule has 0 heterocycles. The molecule has 0 atom stereocenters. The molecule has 0 bridgehead atoms. The third-order valence-corrected chi connectivity index (χ3v) is 2.75. The topological polar surface area (TPSA) is 26.0 Å². The Bertz CT molecular complexity index is 351. The van der Waals surface area contributed by atoms with Gasteiger partial charge in [-0.15, -0.1) is 0 Å². The highest BCUT2D eigenvalue weighted by atomic mass is 35.5. The van der Waals surface area contributed by atoms with E-state index in [0.717, 1.165) is 25.0 Å². The Kier molecular flexibility index (Phi) is 2.24. The Morgan fingerprint density at radius 2 is 1.79 bits per heavy atom. The molecule has 4 heteroatoms. The molecule has 0 radical (unpaired) electrons. The van der Waals surface area contributed by atoms with Crippen molar-refractivity contribution in [3.63, 3.8) is 0 Å². The van der Waals surface area contributed by atoms with Gasteiger partial charge in [0.15, 0.2) is 0 Å². The molecule has 1 saturated carbocycles. The molecule has 1 nitrogen and oxygen atoms in total. The molecule has 2 N–H and O–H groups in total.